The molecule has 0 radical (unpaired) electrons. The Morgan fingerprint density at radius 3 is 2.73 bits per heavy atom. The smallest absolute Gasteiger partial charge is 0.122 e. The van der Waals surface area contributed by atoms with Gasteiger partial charge in [0.1, 0.15) is 5.75 Å². The number of allylic oxidation sites excluding steroid dienone is 2. The van der Waals surface area contributed by atoms with Crippen molar-refractivity contribution < 1.29 is 4.74 Å². The van der Waals surface area contributed by atoms with E-state index in [-0.39, 0.29) is 0 Å². The molecule has 0 saturated carbocycles. The zero-order valence-electron chi connectivity index (χ0n) is 10.1. The second kappa shape index (κ2) is 5.59. The summed E-state index contributed by atoms with van der Waals surface area (Å²) in [7, 11) is 1.73. The number of ether oxygens (including phenoxy) is 1. The van der Waals surface area contributed by atoms with Gasteiger partial charge in [0, 0.05) is 0 Å². The molecular formula is C14H20O. The summed E-state index contributed by atoms with van der Waals surface area (Å²) in [4.78, 5) is 0. The second-order valence-electron chi connectivity index (χ2n) is 3.95. The second-order valence-corrected chi connectivity index (χ2v) is 3.95. The molecule has 0 aliphatic rings. The molecule has 0 fully saturated rings. The van der Waals surface area contributed by atoms with E-state index in [9.17, 15) is 0 Å². The van der Waals surface area contributed by atoms with Gasteiger partial charge < -0.3 is 4.74 Å². The van der Waals surface area contributed by atoms with Crippen LogP contribution in [0, 0.1) is 6.92 Å². The van der Waals surface area contributed by atoms with Gasteiger partial charge in [-0.2, -0.15) is 0 Å². The molecule has 0 heterocycles. The zero-order chi connectivity index (χ0) is 11.3. The Balaban J connectivity index is 2.94. The highest BCUT2D eigenvalue weighted by Gasteiger charge is 2.09. The number of hydrogen-bond donors (Lipinski definition) is 0. The van der Waals surface area contributed by atoms with E-state index >= 15 is 0 Å². The maximum absolute atomic E-state index is 5.38. The van der Waals surface area contributed by atoms with Crippen molar-refractivity contribution in [1.82, 2.24) is 0 Å². The molecule has 1 nitrogen and oxygen atoms in total. The predicted molar refractivity (Wildman–Crippen MR) is 65.6 cm³/mol. The molecule has 0 spiro atoms. The van der Waals surface area contributed by atoms with Crippen LogP contribution in [0.2, 0.25) is 0 Å². The molecule has 1 unspecified atom stereocenters. The van der Waals surface area contributed by atoms with Crippen molar-refractivity contribution in [3.8, 4) is 5.75 Å². The van der Waals surface area contributed by atoms with Gasteiger partial charge in [-0.25, -0.2) is 0 Å². The van der Waals surface area contributed by atoms with E-state index in [4.69, 9.17) is 4.74 Å². The van der Waals surface area contributed by atoms with Crippen molar-refractivity contribution in [3.05, 3.63) is 41.5 Å². The molecular weight excluding hydrogens is 184 g/mol. The standard InChI is InChI=1S/C14H20O/c1-5-6-7-12(3)13-10-11(2)8-9-14(13)15-4/h5-6,8-10,12H,7H2,1-4H3/b6-5-. The number of methoxy groups -OCH3 is 1. The first-order chi connectivity index (χ1) is 7.19. The van der Waals surface area contributed by atoms with Gasteiger partial charge in [-0.15, -0.1) is 0 Å². The van der Waals surface area contributed by atoms with Gasteiger partial charge in [-0.1, -0.05) is 36.8 Å². The minimum Gasteiger partial charge on any atom is -0.496 e. The number of aryl methyl sites for hydroxylation is 1. The molecule has 1 aromatic rings. The highest BCUT2D eigenvalue weighted by molar-refractivity contribution is 5.39. The van der Waals surface area contributed by atoms with Crippen LogP contribution in [0.3, 0.4) is 0 Å². The van der Waals surface area contributed by atoms with Crippen LogP contribution < -0.4 is 4.74 Å². The highest BCUT2D eigenvalue weighted by Crippen LogP contribution is 2.29. The van der Waals surface area contributed by atoms with Crippen molar-refractivity contribution in [2.75, 3.05) is 7.11 Å². The SMILES string of the molecule is C/C=C\CC(C)c1cc(C)ccc1OC. The van der Waals surface area contributed by atoms with E-state index in [1.54, 1.807) is 7.11 Å². The van der Waals surface area contributed by atoms with Gasteiger partial charge in [-0.3, -0.25) is 0 Å². The van der Waals surface area contributed by atoms with E-state index in [2.05, 4.69) is 51.1 Å². The van der Waals surface area contributed by atoms with Crippen LogP contribution in [0.5, 0.6) is 5.75 Å². The fraction of sp³-hybridized carbons (Fsp3) is 0.429. The molecule has 82 valence electrons. The molecule has 0 bridgehead atoms. The Morgan fingerprint density at radius 2 is 2.13 bits per heavy atom. The molecule has 1 heteroatoms. The first kappa shape index (κ1) is 11.8. The minimum atomic E-state index is 0.510. The third-order valence-electron chi connectivity index (χ3n) is 2.64. The first-order valence-corrected chi connectivity index (χ1v) is 5.44. The summed E-state index contributed by atoms with van der Waals surface area (Å²) in [6, 6.07) is 6.36. The Bertz CT molecular complexity index is 339. The monoisotopic (exact) mass is 204 g/mol. The van der Waals surface area contributed by atoms with Gasteiger partial charge in [0.05, 0.1) is 7.11 Å². The molecule has 0 N–H and O–H groups in total. The maximum Gasteiger partial charge on any atom is 0.122 e. The average molecular weight is 204 g/mol. The van der Waals surface area contributed by atoms with Crippen LogP contribution in [0.25, 0.3) is 0 Å². The van der Waals surface area contributed by atoms with Crippen molar-refractivity contribution in [2.45, 2.75) is 33.1 Å². The van der Waals surface area contributed by atoms with E-state index in [1.165, 1.54) is 11.1 Å². The lowest BCUT2D eigenvalue weighted by Crippen LogP contribution is -1.97. The summed E-state index contributed by atoms with van der Waals surface area (Å²) in [6.07, 6.45) is 5.36. The summed E-state index contributed by atoms with van der Waals surface area (Å²) < 4.78 is 5.38. The lowest BCUT2D eigenvalue weighted by molar-refractivity contribution is 0.406. The summed E-state index contributed by atoms with van der Waals surface area (Å²) >= 11 is 0. The maximum atomic E-state index is 5.38. The van der Waals surface area contributed by atoms with E-state index < -0.39 is 0 Å². The van der Waals surface area contributed by atoms with Crippen LogP contribution in [-0.2, 0) is 0 Å². The molecule has 0 saturated heterocycles. The Labute approximate surface area is 92.8 Å². The van der Waals surface area contributed by atoms with Gasteiger partial charge in [0.15, 0.2) is 0 Å². The topological polar surface area (TPSA) is 9.23 Å². The third-order valence-corrected chi connectivity index (χ3v) is 2.64. The molecule has 0 aliphatic carbocycles. The average Bonchev–Trinajstić information content (AvgIpc) is 2.25. The number of benzene rings is 1. The van der Waals surface area contributed by atoms with Gasteiger partial charge in [0.25, 0.3) is 0 Å². The fourth-order valence-electron chi connectivity index (χ4n) is 1.71. The minimum absolute atomic E-state index is 0.510. The summed E-state index contributed by atoms with van der Waals surface area (Å²) in [5.41, 5.74) is 2.59. The van der Waals surface area contributed by atoms with Crippen molar-refractivity contribution in [2.24, 2.45) is 0 Å². The van der Waals surface area contributed by atoms with Crippen LogP contribution in [0.4, 0.5) is 0 Å². The van der Waals surface area contributed by atoms with E-state index in [1.807, 2.05) is 0 Å². The van der Waals surface area contributed by atoms with E-state index in [0.29, 0.717) is 5.92 Å². The Kier molecular flexibility index (Phi) is 4.41. The highest BCUT2D eigenvalue weighted by atomic mass is 16.5. The molecule has 1 aromatic carbocycles. The van der Waals surface area contributed by atoms with Crippen LogP contribution in [-0.4, -0.2) is 7.11 Å². The number of hydrogen-bond acceptors (Lipinski definition) is 1. The summed E-state index contributed by atoms with van der Waals surface area (Å²) in [5, 5.41) is 0. The molecule has 15 heavy (non-hydrogen) atoms. The van der Waals surface area contributed by atoms with E-state index in [0.717, 1.165) is 12.2 Å². The quantitative estimate of drug-likeness (QED) is 0.672. The summed E-state index contributed by atoms with van der Waals surface area (Å²) in [5.74, 6) is 1.51. The first-order valence-electron chi connectivity index (χ1n) is 5.44. The summed E-state index contributed by atoms with van der Waals surface area (Å²) in [6.45, 7) is 6.41. The Hall–Kier alpha value is -1.24. The van der Waals surface area contributed by atoms with Crippen LogP contribution in [0.1, 0.15) is 37.3 Å². The van der Waals surface area contributed by atoms with Crippen LogP contribution in [0.15, 0.2) is 30.4 Å². The van der Waals surface area contributed by atoms with Gasteiger partial charge in [-0.05, 0) is 37.8 Å². The Morgan fingerprint density at radius 1 is 1.40 bits per heavy atom. The fourth-order valence-corrected chi connectivity index (χ4v) is 1.71. The third kappa shape index (κ3) is 3.12. The molecule has 0 amide bonds. The largest absolute Gasteiger partial charge is 0.496 e. The van der Waals surface area contributed by atoms with Crippen molar-refractivity contribution in [3.63, 3.8) is 0 Å². The molecule has 0 aliphatic heterocycles. The van der Waals surface area contributed by atoms with Crippen molar-refractivity contribution in [1.29, 1.82) is 0 Å². The lowest BCUT2D eigenvalue weighted by Gasteiger charge is -2.14. The molecule has 1 atom stereocenters. The number of rotatable bonds is 4. The van der Waals surface area contributed by atoms with Crippen molar-refractivity contribution >= 4 is 0 Å². The lowest BCUT2D eigenvalue weighted by atomic mass is 9.95. The predicted octanol–water partition coefficient (Wildman–Crippen LogP) is 4.07. The van der Waals surface area contributed by atoms with Gasteiger partial charge in [0.2, 0.25) is 0 Å². The van der Waals surface area contributed by atoms with Crippen LogP contribution >= 0.6 is 0 Å². The van der Waals surface area contributed by atoms with Gasteiger partial charge >= 0.3 is 0 Å². The molecule has 1 rings (SSSR count). The molecule has 0 aromatic heterocycles. The normalized spacial score (nSPS) is 13.1. The zero-order valence-corrected chi connectivity index (χ0v) is 10.1.